The van der Waals surface area contributed by atoms with Gasteiger partial charge in [0.15, 0.2) is 29.0 Å². The fraction of sp³-hybridized carbons (Fsp3) is 0.455. The first-order chi connectivity index (χ1) is 13.7. The van der Waals surface area contributed by atoms with Gasteiger partial charge in [-0.2, -0.15) is 8.78 Å². The summed E-state index contributed by atoms with van der Waals surface area (Å²) < 4.78 is 86.8. The monoisotopic (exact) mass is 416 g/mol. The molecule has 29 heavy (non-hydrogen) atoms. The highest BCUT2D eigenvalue weighted by Crippen LogP contribution is 2.40. The van der Waals surface area contributed by atoms with Crippen LogP contribution in [-0.4, -0.2) is 0 Å². The van der Waals surface area contributed by atoms with Crippen molar-refractivity contribution < 1.29 is 31.1 Å². The Morgan fingerprint density at radius 2 is 1.52 bits per heavy atom. The van der Waals surface area contributed by atoms with E-state index in [-0.39, 0.29) is 18.1 Å². The van der Waals surface area contributed by atoms with Crippen molar-refractivity contribution in [3.63, 3.8) is 0 Å². The van der Waals surface area contributed by atoms with Gasteiger partial charge in [0.25, 0.3) is 0 Å². The molecule has 158 valence electrons. The molecule has 7 heteroatoms. The highest BCUT2D eigenvalue weighted by Gasteiger charge is 2.37. The van der Waals surface area contributed by atoms with Gasteiger partial charge in [0, 0.05) is 0 Å². The molecule has 0 aliphatic heterocycles. The third kappa shape index (κ3) is 4.87. The van der Waals surface area contributed by atoms with Gasteiger partial charge < -0.3 is 4.74 Å². The van der Waals surface area contributed by atoms with Crippen LogP contribution in [0.2, 0.25) is 0 Å². The Morgan fingerprint density at radius 1 is 0.897 bits per heavy atom. The zero-order valence-corrected chi connectivity index (χ0v) is 16.0. The Labute approximate surface area is 165 Å². The summed E-state index contributed by atoms with van der Waals surface area (Å²) in [5.41, 5.74) is -0.529. The fourth-order valence-corrected chi connectivity index (χ4v) is 3.97. The molecule has 0 radical (unpaired) electrons. The molecule has 1 nitrogen and oxygen atoms in total. The topological polar surface area (TPSA) is 9.23 Å². The highest BCUT2D eigenvalue weighted by atomic mass is 19.3. The van der Waals surface area contributed by atoms with Gasteiger partial charge in [-0.15, -0.1) is 0 Å². The number of ether oxygens (including phenoxy) is 1. The summed E-state index contributed by atoms with van der Waals surface area (Å²) in [5, 5.41) is 0. The minimum atomic E-state index is -4.24. The van der Waals surface area contributed by atoms with Crippen LogP contribution < -0.4 is 4.74 Å². The summed E-state index contributed by atoms with van der Waals surface area (Å²) in [6.45, 7) is 2.14. The number of hydrogen-bond acceptors (Lipinski definition) is 1. The molecule has 0 saturated heterocycles. The van der Waals surface area contributed by atoms with Gasteiger partial charge in [-0.1, -0.05) is 25.8 Å². The number of halogens is 6. The first kappa shape index (κ1) is 21.5. The molecule has 2 aromatic carbocycles. The van der Waals surface area contributed by atoms with Crippen LogP contribution in [0.1, 0.15) is 62.5 Å². The summed E-state index contributed by atoms with van der Waals surface area (Å²) in [7, 11) is 0. The Morgan fingerprint density at radius 3 is 2.07 bits per heavy atom. The molecule has 2 aromatic rings. The van der Waals surface area contributed by atoms with E-state index in [9.17, 15) is 26.3 Å². The Kier molecular flexibility index (Phi) is 6.44. The number of rotatable bonds is 6. The molecule has 0 atom stereocenters. The SMILES string of the molecule is CCCC1CCC(c2ccc(OC(F)(F)c3cc(F)c(F)c(F)c3)c(F)c2)CC1. The summed E-state index contributed by atoms with van der Waals surface area (Å²) in [5.74, 6) is -6.32. The van der Waals surface area contributed by atoms with Gasteiger partial charge in [0.1, 0.15) is 0 Å². The molecule has 0 spiro atoms. The summed E-state index contributed by atoms with van der Waals surface area (Å²) >= 11 is 0. The smallest absolute Gasteiger partial charge is 0.426 e. The zero-order chi connectivity index (χ0) is 21.2. The number of benzene rings is 2. The van der Waals surface area contributed by atoms with Crippen LogP contribution in [0.5, 0.6) is 5.75 Å². The maximum atomic E-state index is 14.4. The molecule has 1 fully saturated rings. The normalized spacial score (nSPS) is 20.0. The minimum absolute atomic E-state index is 0.124. The number of alkyl halides is 2. The van der Waals surface area contributed by atoms with Crippen LogP contribution >= 0.6 is 0 Å². The van der Waals surface area contributed by atoms with Gasteiger partial charge >= 0.3 is 6.11 Å². The van der Waals surface area contributed by atoms with E-state index in [1.165, 1.54) is 18.6 Å². The second-order valence-electron chi connectivity index (χ2n) is 7.57. The van der Waals surface area contributed by atoms with Crippen molar-refractivity contribution >= 4 is 0 Å². The molecule has 0 unspecified atom stereocenters. The van der Waals surface area contributed by atoms with Crippen molar-refractivity contribution in [2.24, 2.45) is 5.92 Å². The maximum Gasteiger partial charge on any atom is 0.427 e. The highest BCUT2D eigenvalue weighted by molar-refractivity contribution is 5.33. The molecule has 0 amide bonds. The van der Waals surface area contributed by atoms with E-state index in [1.54, 1.807) is 0 Å². The quantitative estimate of drug-likeness (QED) is 0.351. The van der Waals surface area contributed by atoms with Gasteiger partial charge in [0.2, 0.25) is 0 Å². The lowest BCUT2D eigenvalue weighted by atomic mass is 9.77. The van der Waals surface area contributed by atoms with E-state index in [2.05, 4.69) is 11.7 Å². The average molecular weight is 416 g/mol. The van der Waals surface area contributed by atoms with Crippen molar-refractivity contribution in [1.82, 2.24) is 0 Å². The summed E-state index contributed by atoms with van der Waals surface area (Å²) in [6, 6.07) is 4.04. The summed E-state index contributed by atoms with van der Waals surface area (Å²) in [4.78, 5) is 0. The van der Waals surface area contributed by atoms with Crippen molar-refractivity contribution in [1.29, 1.82) is 0 Å². The fourth-order valence-electron chi connectivity index (χ4n) is 3.97. The molecule has 0 heterocycles. The molecule has 3 rings (SSSR count). The lowest BCUT2D eigenvalue weighted by Gasteiger charge is -2.29. The molecule has 1 saturated carbocycles. The van der Waals surface area contributed by atoms with E-state index in [1.807, 2.05) is 0 Å². The van der Waals surface area contributed by atoms with Crippen LogP contribution in [0.4, 0.5) is 26.3 Å². The second-order valence-corrected chi connectivity index (χ2v) is 7.57. The molecule has 0 aromatic heterocycles. The predicted molar refractivity (Wildman–Crippen MR) is 96.8 cm³/mol. The molecular weight excluding hydrogens is 394 g/mol. The van der Waals surface area contributed by atoms with Crippen molar-refractivity contribution in [2.45, 2.75) is 57.5 Å². The van der Waals surface area contributed by atoms with Crippen LogP contribution in [0.25, 0.3) is 0 Å². The van der Waals surface area contributed by atoms with Crippen molar-refractivity contribution in [3.8, 4) is 5.75 Å². The van der Waals surface area contributed by atoms with Crippen LogP contribution in [-0.2, 0) is 6.11 Å². The van der Waals surface area contributed by atoms with E-state index >= 15 is 0 Å². The third-order valence-electron chi connectivity index (χ3n) is 5.53. The van der Waals surface area contributed by atoms with Crippen LogP contribution in [0.3, 0.4) is 0 Å². The molecular formula is C22H22F6O. The first-order valence-corrected chi connectivity index (χ1v) is 9.72. The standard InChI is InChI=1S/C22H22F6O/c1-2-3-13-4-6-14(7-5-13)15-8-9-20(17(23)10-15)29-22(27,28)16-11-18(24)21(26)19(25)12-16/h8-14H,2-7H2,1H3. The Balaban J connectivity index is 1.74. The molecule has 0 bridgehead atoms. The minimum Gasteiger partial charge on any atom is -0.426 e. The lowest BCUT2D eigenvalue weighted by Crippen LogP contribution is -2.23. The summed E-state index contributed by atoms with van der Waals surface area (Å²) in [6.07, 6.45) is 2.00. The van der Waals surface area contributed by atoms with Crippen LogP contribution in [0.15, 0.2) is 30.3 Å². The second kappa shape index (κ2) is 8.67. The van der Waals surface area contributed by atoms with Gasteiger partial charge in [-0.05, 0) is 67.3 Å². The number of hydrogen-bond donors (Lipinski definition) is 0. The van der Waals surface area contributed by atoms with Crippen molar-refractivity contribution in [2.75, 3.05) is 0 Å². The third-order valence-corrected chi connectivity index (χ3v) is 5.53. The Bertz CT molecular complexity index is 835. The van der Waals surface area contributed by atoms with E-state index in [0.717, 1.165) is 38.2 Å². The van der Waals surface area contributed by atoms with Gasteiger partial charge in [-0.25, -0.2) is 17.6 Å². The van der Waals surface area contributed by atoms with Crippen molar-refractivity contribution in [3.05, 3.63) is 64.7 Å². The largest absolute Gasteiger partial charge is 0.427 e. The molecule has 1 aliphatic carbocycles. The predicted octanol–water partition coefficient (Wildman–Crippen LogP) is 7.45. The molecule has 1 aliphatic rings. The van der Waals surface area contributed by atoms with E-state index in [4.69, 9.17) is 0 Å². The first-order valence-electron chi connectivity index (χ1n) is 9.72. The zero-order valence-electron chi connectivity index (χ0n) is 16.0. The van der Waals surface area contributed by atoms with E-state index in [0.29, 0.717) is 11.5 Å². The average Bonchev–Trinajstić information content (AvgIpc) is 2.68. The van der Waals surface area contributed by atoms with E-state index < -0.39 is 40.7 Å². The maximum absolute atomic E-state index is 14.4. The van der Waals surface area contributed by atoms with Gasteiger partial charge in [0.05, 0.1) is 5.56 Å². The van der Waals surface area contributed by atoms with Crippen LogP contribution in [0, 0.1) is 29.2 Å². The Hall–Kier alpha value is -2.18. The lowest BCUT2D eigenvalue weighted by molar-refractivity contribution is -0.187. The van der Waals surface area contributed by atoms with Gasteiger partial charge in [-0.3, -0.25) is 0 Å². The molecule has 0 N–H and O–H groups in total.